The quantitative estimate of drug-likeness (QED) is 0.932. The number of rotatable bonds is 3. The van der Waals surface area contributed by atoms with Crippen molar-refractivity contribution in [2.75, 3.05) is 6.54 Å². The number of hydrogen-bond acceptors (Lipinski definition) is 3. The third kappa shape index (κ3) is 2.93. The van der Waals surface area contributed by atoms with Gasteiger partial charge >= 0.3 is 12.1 Å². The van der Waals surface area contributed by atoms with Crippen LogP contribution in [0, 0.1) is 11.8 Å². The van der Waals surface area contributed by atoms with Gasteiger partial charge in [0.15, 0.2) is 0 Å². The Morgan fingerprint density at radius 2 is 1.91 bits per heavy atom. The standard InChI is InChI=1S/C17H21NO4/c19-16(20)15-14-9-5-4-8-13(14)10-18(15)17(21)22-11-12-6-2-1-3-7-12/h1-3,6-7,13-15H,4-5,8-11H2,(H,19,20). The molecule has 1 aromatic carbocycles. The molecule has 2 aliphatic rings. The molecule has 1 heterocycles. The number of carbonyl (C=O) groups excluding carboxylic acids is 1. The van der Waals surface area contributed by atoms with Gasteiger partial charge in [0.2, 0.25) is 0 Å². The van der Waals surface area contributed by atoms with Gasteiger partial charge in [0.05, 0.1) is 0 Å². The van der Waals surface area contributed by atoms with E-state index in [4.69, 9.17) is 4.74 Å². The number of amides is 1. The molecule has 1 aliphatic carbocycles. The fourth-order valence-corrected chi connectivity index (χ4v) is 3.78. The second kappa shape index (κ2) is 6.38. The minimum atomic E-state index is -0.911. The molecule has 0 bridgehead atoms. The molecule has 1 aliphatic heterocycles. The van der Waals surface area contributed by atoms with E-state index in [0.29, 0.717) is 12.5 Å². The number of carboxylic acids is 1. The highest BCUT2D eigenvalue weighted by atomic mass is 16.6. The summed E-state index contributed by atoms with van der Waals surface area (Å²) in [5.41, 5.74) is 0.902. The maximum absolute atomic E-state index is 12.3. The highest BCUT2D eigenvalue weighted by Crippen LogP contribution is 2.40. The van der Waals surface area contributed by atoms with E-state index < -0.39 is 18.1 Å². The molecule has 118 valence electrons. The molecule has 2 fully saturated rings. The van der Waals surface area contributed by atoms with E-state index in [0.717, 1.165) is 31.2 Å². The predicted octanol–water partition coefficient (Wildman–Crippen LogP) is 2.90. The Morgan fingerprint density at radius 3 is 2.64 bits per heavy atom. The molecule has 5 nitrogen and oxygen atoms in total. The average Bonchev–Trinajstić information content (AvgIpc) is 2.93. The summed E-state index contributed by atoms with van der Waals surface area (Å²) in [4.78, 5) is 25.3. The maximum atomic E-state index is 12.3. The Kier molecular flexibility index (Phi) is 4.32. The number of nitrogens with zero attached hydrogens (tertiary/aromatic N) is 1. The Hall–Kier alpha value is -2.04. The van der Waals surface area contributed by atoms with Gasteiger partial charge in [0, 0.05) is 6.54 Å². The van der Waals surface area contributed by atoms with Crippen molar-refractivity contribution in [3.05, 3.63) is 35.9 Å². The first-order valence-electron chi connectivity index (χ1n) is 7.87. The van der Waals surface area contributed by atoms with Gasteiger partial charge in [-0.1, -0.05) is 43.2 Å². The lowest BCUT2D eigenvalue weighted by Gasteiger charge is -2.27. The third-order valence-electron chi connectivity index (χ3n) is 4.83. The lowest BCUT2D eigenvalue weighted by Crippen LogP contribution is -2.43. The Morgan fingerprint density at radius 1 is 1.18 bits per heavy atom. The molecule has 1 saturated heterocycles. The molecule has 0 spiro atoms. The zero-order valence-electron chi connectivity index (χ0n) is 12.5. The third-order valence-corrected chi connectivity index (χ3v) is 4.83. The number of likely N-dealkylation sites (tertiary alicyclic amines) is 1. The molecule has 1 saturated carbocycles. The predicted molar refractivity (Wildman–Crippen MR) is 80.2 cm³/mol. The minimum absolute atomic E-state index is 0.0792. The Bertz CT molecular complexity index is 545. The van der Waals surface area contributed by atoms with E-state index >= 15 is 0 Å². The zero-order chi connectivity index (χ0) is 15.5. The van der Waals surface area contributed by atoms with Crippen LogP contribution in [0.5, 0.6) is 0 Å². The van der Waals surface area contributed by atoms with Crippen LogP contribution in [0.2, 0.25) is 0 Å². The zero-order valence-corrected chi connectivity index (χ0v) is 12.5. The van der Waals surface area contributed by atoms with Crippen molar-refractivity contribution < 1.29 is 19.4 Å². The Balaban J connectivity index is 1.66. The van der Waals surface area contributed by atoms with E-state index in [-0.39, 0.29) is 12.5 Å². The summed E-state index contributed by atoms with van der Waals surface area (Å²) < 4.78 is 5.32. The van der Waals surface area contributed by atoms with Crippen LogP contribution in [0.3, 0.4) is 0 Å². The van der Waals surface area contributed by atoms with Gasteiger partial charge in [-0.15, -0.1) is 0 Å². The monoisotopic (exact) mass is 303 g/mol. The summed E-state index contributed by atoms with van der Waals surface area (Å²) in [5, 5.41) is 9.51. The summed E-state index contributed by atoms with van der Waals surface area (Å²) >= 11 is 0. The minimum Gasteiger partial charge on any atom is -0.480 e. The van der Waals surface area contributed by atoms with Crippen molar-refractivity contribution in [1.29, 1.82) is 0 Å². The second-order valence-electron chi connectivity index (χ2n) is 6.18. The topological polar surface area (TPSA) is 66.8 Å². The molecule has 1 amide bonds. The molecular weight excluding hydrogens is 282 g/mol. The number of ether oxygens (including phenoxy) is 1. The van der Waals surface area contributed by atoms with Gasteiger partial charge in [-0.2, -0.15) is 0 Å². The SMILES string of the molecule is O=C(O)C1C2CCCCC2CN1C(=O)OCc1ccccc1. The average molecular weight is 303 g/mol. The Labute approximate surface area is 129 Å². The summed E-state index contributed by atoms with van der Waals surface area (Å²) in [6.45, 7) is 0.688. The summed E-state index contributed by atoms with van der Waals surface area (Å²) in [6, 6.07) is 8.70. The van der Waals surface area contributed by atoms with Crippen LogP contribution in [-0.4, -0.2) is 34.7 Å². The summed E-state index contributed by atoms with van der Waals surface area (Å²) in [6.07, 6.45) is 3.57. The van der Waals surface area contributed by atoms with Crippen LogP contribution in [0.4, 0.5) is 4.79 Å². The lowest BCUT2D eigenvalue weighted by molar-refractivity contribution is -0.143. The number of carboxylic acid groups (broad SMARTS) is 1. The second-order valence-corrected chi connectivity index (χ2v) is 6.18. The fourth-order valence-electron chi connectivity index (χ4n) is 3.78. The van der Waals surface area contributed by atoms with E-state index in [1.165, 1.54) is 4.90 Å². The normalized spacial score (nSPS) is 27.3. The van der Waals surface area contributed by atoms with Crippen molar-refractivity contribution in [3.63, 3.8) is 0 Å². The van der Waals surface area contributed by atoms with Crippen LogP contribution in [0.25, 0.3) is 0 Å². The molecule has 22 heavy (non-hydrogen) atoms. The molecule has 3 unspecified atom stereocenters. The van der Waals surface area contributed by atoms with Gasteiger partial charge in [0.25, 0.3) is 0 Å². The highest BCUT2D eigenvalue weighted by molar-refractivity contribution is 5.81. The van der Waals surface area contributed by atoms with Crippen LogP contribution >= 0.6 is 0 Å². The van der Waals surface area contributed by atoms with E-state index in [1.54, 1.807) is 0 Å². The lowest BCUT2D eigenvalue weighted by atomic mass is 9.78. The van der Waals surface area contributed by atoms with Crippen LogP contribution in [0.1, 0.15) is 31.2 Å². The summed E-state index contributed by atoms with van der Waals surface area (Å²) in [7, 11) is 0. The van der Waals surface area contributed by atoms with E-state index in [2.05, 4.69) is 0 Å². The molecule has 1 N–H and O–H groups in total. The first kappa shape index (κ1) is 14.9. The molecule has 3 atom stereocenters. The van der Waals surface area contributed by atoms with Gasteiger partial charge in [-0.05, 0) is 30.2 Å². The van der Waals surface area contributed by atoms with Gasteiger partial charge in [0.1, 0.15) is 12.6 Å². The maximum Gasteiger partial charge on any atom is 0.410 e. The van der Waals surface area contributed by atoms with Gasteiger partial charge < -0.3 is 9.84 Å². The fraction of sp³-hybridized carbons (Fsp3) is 0.529. The number of hydrogen-bond donors (Lipinski definition) is 1. The van der Waals surface area contributed by atoms with Crippen LogP contribution in [-0.2, 0) is 16.1 Å². The van der Waals surface area contributed by atoms with Crippen molar-refractivity contribution >= 4 is 12.1 Å². The molecule has 5 heteroatoms. The number of aliphatic carboxylic acids is 1. The van der Waals surface area contributed by atoms with Crippen LogP contribution < -0.4 is 0 Å². The van der Waals surface area contributed by atoms with E-state index in [9.17, 15) is 14.7 Å². The highest BCUT2D eigenvalue weighted by Gasteiger charge is 2.48. The molecule has 0 aromatic heterocycles. The smallest absolute Gasteiger partial charge is 0.410 e. The molecule has 1 aromatic rings. The van der Waals surface area contributed by atoms with Gasteiger partial charge in [-0.3, -0.25) is 4.90 Å². The summed E-state index contributed by atoms with van der Waals surface area (Å²) in [5.74, 6) is -0.527. The van der Waals surface area contributed by atoms with Crippen molar-refractivity contribution in [1.82, 2.24) is 4.90 Å². The van der Waals surface area contributed by atoms with Gasteiger partial charge in [-0.25, -0.2) is 9.59 Å². The number of benzene rings is 1. The van der Waals surface area contributed by atoms with Crippen molar-refractivity contribution in [2.24, 2.45) is 11.8 Å². The van der Waals surface area contributed by atoms with Crippen molar-refractivity contribution in [3.8, 4) is 0 Å². The first-order chi connectivity index (χ1) is 10.7. The number of fused-ring (bicyclic) bond motifs is 1. The van der Waals surface area contributed by atoms with Crippen LogP contribution in [0.15, 0.2) is 30.3 Å². The first-order valence-corrected chi connectivity index (χ1v) is 7.87. The molecule has 0 radical (unpaired) electrons. The van der Waals surface area contributed by atoms with E-state index in [1.807, 2.05) is 30.3 Å². The molecule has 3 rings (SSSR count). The molecular formula is C17H21NO4. The van der Waals surface area contributed by atoms with Crippen molar-refractivity contribution in [2.45, 2.75) is 38.3 Å². The largest absolute Gasteiger partial charge is 0.480 e. The number of carbonyl (C=O) groups is 2.